The van der Waals surface area contributed by atoms with Gasteiger partial charge in [-0.05, 0) is 13.0 Å². The smallest absolute Gasteiger partial charge is 0.266 e. The van der Waals surface area contributed by atoms with E-state index in [-0.39, 0.29) is 12.0 Å². The lowest BCUT2D eigenvalue weighted by Crippen LogP contribution is -2.35. The van der Waals surface area contributed by atoms with Gasteiger partial charge >= 0.3 is 0 Å². The van der Waals surface area contributed by atoms with Gasteiger partial charge in [-0.1, -0.05) is 18.2 Å². The average molecular weight is 346 g/mol. The molecule has 7 heteroatoms. The lowest BCUT2D eigenvalue weighted by atomic mass is 10.2. The molecule has 1 aromatic heterocycles. The van der Waals surface area contributed by atoms with Gasteiger partial charge in [-0.3, -0.25) is 4.79 Å². The maximum Gasteiger partial charge on any atom is 0.266 e. The molecule has 2 aromatic rings. The van der Waals surface area contributed by atoms with Crippen LogP contribution in [0.25, 0.3) is 0 Å². The molecule has 1 amide bonds. The summed E-state index contributed by atoms with van der Waals surface area (Å²) < 4.78 is 16.8. The Morgan fingerprint density at radius 3 is 2.92 bits per heavy atom. The second kappa shape index (κ2) is 6.51. The number of fused-ring (bicyclic) bond motifs is 1. The molecule has 0 spiro atoms. The Morgan fingerprint density at radius 1 is 1.29 bits per heavy atom. The fourth-order valence-corrected chi connectivity index (χ4v) is 3.78. The van der Waals surface area contributed by atoms with Gasteiger partial charge in [0.15, 0.2) is 0 Å². The second-order valence-electron chi connectivity index (χ2n) is 5.86. The van der Waals surface area contributed by atoms with Gasteiger partial charge in [0.25, 0.3) is 5.91 Å². The maximum absolute atomic E-state index is 12.9. The molecule has 0 bridgehead atoms. The molecule has 1 atom stereocenters. The number of benzene rings is 1. The first-order valence-corrected chi connectivity index (χ1v) is 8.75. The number of para-hydroxylation sites is 1. The topological polar surface area (TPSA) is 60.9 Å². The minimum absolute atomic E-state index is 0.0381. The summed E-state index contributed by atoms with van der Waals surface area (Å²) in [6.45, 7) is 4.16. The zero-order valence-electron chi connectivity index (χ0n) is 13.3. The van der Waals surface area contributed by atoms with E-state index in [2.05, 4.69) is 4.98 Å². The van der Waals surface area contributed by atoms with Crippen molar-refractivity contribution >= 4 is 17.2 Å². The molecule has 4 rings (SSSR count). The molecule has 126 valence electrons. The Kier molecular flexibility index (Phi) is 4.22. The molecule has 0 N–H and O–H groups in total. The van der Waals surface area contributed by atoms with Gasteiger partial charge < -0.3 is 19.1 Å². The number of hydrogen-bond acceptors (Lipinski definition) is 6. The molecule has 3 heterocycles. The number of thiazole rings is 1. The molecule has 0 aliphatic carbocycles. The van der Waals surface area contributed by atoms with Gasteiger partial charge in [-0.25, -0.2) is 4.98 Å². The van der Waals surface area contributed by atoms with Crippen LogP contribution in [0.3, 0.4) is 0 Å². The zero-order chi connectivity index (χ0) is 16.5. The lowest BCUT2D eigenvalue weighted by Gasteiger charge is -2.21. The minimum Gasteiger partial charge on any atom is -0.489 e. The number of hydrogen-bond donors (Lipinski definition) is 0. The summed E-state index contributed by atoms with van der Waals surface area (Å²) in [4.78, 5) is 19.6. The maximum atomic E-state index is 12.9. The minimum atomic E-state index is -0.441. The van der Waals surface area contributed by atoms with Gasteiger partial charge in [-0.15, -0.1) is 11.3 Å². The molecule has 0 saturated carbocycles. The van der Waals surface area contributed by atoms with E-state index in [0.717, 1.165) is 11.3 Å². The third-order valence-corrected chi connectivity index (χ3v) is 4.99. The van der Waals surface area contributed by atoms with Gasteiger partial charge in [0.1, 0.15) is 21.7 Å². The summed E-state index contributed by atoms with van der Waals surface area (Å²) in [5.74, 6) is 0.807. The Bertz CT molecular complexity index is 742. The van der Waals surface area contributed by atoms with Crippen molar-refractivity contribution in [3.8, 4) is 5.75 Å². The molecule has 1 saturated heterocycles. The van der Waals surface area contributed by atoms with E-state index >= 15 is 0 Å². The van der Waals surface area contributed by atoms with E-state index in [9.17, 15) is 4.79 Å². The average Bonchev–Trinajstić information content (AvgIpc) is 3.23. The number of aromatic nitrogens is 1. The molecule has 2 aliphatic rings. The van der Waals surface area contributed by atoms with Crippen LogP contribution in [-0.4, -0.2) is 41.7 Å². The van der Waals surface area contributed by atoms with Crippen LogP contribution in [0, 0.1) is 0 Å². The van der Waals surface area contributed by atoms with Gasteiger partial charge in [0.05, 0.1) is 26.0 Å². The van der Waals surface area contributed by atoms with E-state index in [1.165, 1.54) is 11.3 Å². The van der Waals surface area contributed by atoms with E-state index in [1.54, 1.807) is 6.20 Å². The molecular weight excluding hydrogens is 328 g/mol. The molecule has 1 fully saturated rings. The number of rotatable bonds is 2. The van der Waals surface area contributed by atoms with Crippen molar-refractivity contribution in [3.05, 3.63) is 45.9 Å². The van der Waals surface area contributed by atoms with Crippen LogP contribution in [0.15, 0.2) is 30.5 Å². The van der Waals surface area contributed by atoms with Crippen molar-refractivity contribution in [2.24, 2.45) is 0 Å². The molecule has 1 aromatic carbocycles. The van der Waals surface area contributed by atoms with E-state index < -0.39 is 6.29 Å². The molecule has 0 radical (unpaired) electrons. The fraction of sp³-hybridized carbons (Fsp3) is 0.412. The highest BCUT2D eigenvalue weighted by molar-refractivity contribution is 7.13. The molecule has 6 nitrogen and oxygen atoms in total. The summed E-state index contributed by atoms with van der Waals surface area (Å²) in [6.07, 6.45) is 1.10. The Balaban J connectivity index is 1.55. The van der Waals surface area contributed by atoms with E-state index in [1.807, 2.05) is 36.1 Å². The number of amides is 1. The standard InChI is InChI=1S/C17H18N2O4S/c1-11-9-19(10-12-4-2-3-5-13(12)23-11)16(20)14-8-18-15(24-14)17-21-6-7-22-17/h2-5,8,11,17H,6-7,9-10H2,1H3. The molecule has 2 aliphatic heterocycles. The number of nitrogens with zero attached hydrogens (tertiary/aromatic N) is 2. The zero-order valence-corrected chi connectivity index (χ0v) is 14.1. The van der Waals surface area contributed by atoms with Crippen molar-refractivity contribution in [1.29, 1.82) is 0 Å². The fourth-order valence-electron chi connectivity index (χ4n) is 2.89. The van der Waals surface area contributed by atoms with Crippen LogP contribution >= 0.6 is 11.3 Å². The number of ether oxygens (including phenoxy) is 3. The first-order chi connectivity index (χ1) is 11.7. The lowest BCUT2D eigenvalue weighted by molar-refractivity contribution is -0.0442. The van der Waals surface area contributed by atoms with Crippen molar-refractivity contribution in [2.75, 3.05) is 19.8 Å². The van der Waals surface area contributed by atoms with Crippen LogP contribution in [0.1, 0.15) is 33.5 Å². The predicted molar refractivity (Wildman–Crippen MR) is 88.0 cm³/mol. The SMILES string of the molecule is CC1CN(C(=O)c2cnc(C3OCCO3)s2)Cc2ccccc2O1. The van der Waals surface area contributed by atoms with E-state index in [0.29, 0.717) is 36.2 Å². The van der Waals surface area contributed by atoms with Crippen LogP contribution in [0.5, 0.6) is 5.75 Å². The quantitative estimate of drug-likeness (QED) is 0.836. The first-order valence-electron chi connectivity index (χ1n) is 7.93. The van der Waals surface area contributed by atoms with Gasteiger partial charge in [-0.2, -0.15) is 0 Å². The summed E-state index contributed by atoms with van der Waals surface area (Å²) in [6, 6.07) is 7.84. The number of carbonyl (C=O) groups is 1. The Labute approximate surface area is 144 Å². The summed E-state index contributed by atoms with van der Waals surface area (Å²) in [5, 5.41) is 0.690. The van der Waals surface area contributed by atoms with Crippen LogP contribution in [0.2, 0.25) is 0 Å². The van der Waals surface area contributed by atoms with E-state index in [4.69, 9.17) is 14.2 Å². The highest BCUT2D eigenvalue weighted by Crippen LogP contribution is 2.30. The van der Waals surface area contributed by atoms with Crippen LogP contribution in [0.4, 0.5) is 0 Å². The molecule has 24 heavy (non-hydrogen) atoms. The number of carbonyl (C=O) groups excluding carboxylic acids is 1. The van der Waals surface area contributed by atoms with Crippen molar-refractivity contribution in [1.82, 2.24) is 9.88 Å². The first kappa shape index (κ1) is 15.6. The highest BCUT2D eigenvalue weighted by Gasteiger charge is 2.28. The third kappa shape index (κ3) is 3.02. The van der Waals surface area contributed by atoms with Crippen LogP contribution < -0.4 is 4.74 Å². The van der Waals surface area contributed by atoms with Crippen LogP contribution in [-0.2, 0) is 16.0 Å². The molecular formula is C17H18N2O4S. The monoisotopic (exact) mass is 346 g/mol. The molecule has 1 unspecified atom stereocenters. The largest absolute Gasteiger partial charge is 0.489 e. The van der Waals surface area contributed by atoms with Gasteiger partial charge in [0, 0.05) is 12.1 Å². The highest BCUT2D eigenvalue weighted by atomic mass is 32.1. The third-order valence-electron chi connectivity index (χ3n) is 3.98. The van der Waals surface area contributed by atoms with Crippen molar-refractivity contribution in [2.45, 2.75) is 25.9 Å². The van der Waals surface area contributed by atoms with Crippen molar-refractivity contribution < 1.29 is 19.0 Å². The Hall–Kier alpha value is -1.96. The second-order valence-corrected chi connectivity index (χ2v) is 6.92. The van der Waals surface area contributed by atoms with Gasteiger partial charge in [0.2, 0.25) is 6.29 Å². The summed E-state index contributed by atoms with van der Waals surface area (Å²) in [7, 11) is 0. The normalized spacial score (nSPS) is 21.2. The van der Waals surface area contributed by atoms with Crippen molar-refractivity contribution in [3.63, 3.8) is 0 Å². The Morgan fingerprint density at radius 2 is 2.08 bits per heavy atom. The predicted octanol–water partition coefficient (Wildman–Crippen LogP) is 2.61. The summed E-state index contributed by atoms with van der Waals surface area (Å²) >= 11 is 1.33. The summed E-state index contributed by atoms with van der Waals surface area (Å²) in [5.41, 5.74) is 1.02.